The van der Waals surface area contributed by atoms with Crippen LogP contribution < -0.4 is 19.5 Å². The van der Waals surface area contributed by atoms with Crippen molar-refractivity contribution in [1.29, 1.82) is 0 Å². The van der Waals surface area contributed by atoms with Gasteiger partial charge in [0, 0.05) is 30.6 Å². The average molecular weight is 421 g/mol. The molecule has 0 bridgehead atoms. The van der Waals surface area contributed by atoms with E-state index in [9.17, 15) is 4.79 Å². The molecular weight excluding hydrogens is 403 g/mol. The van der Waals surface area contributed by atoms with Gasteiger partial charge in [0.05, 0.1) is 48.3 Å². The van der Waals surface area contributed by atoms with E-state index in [1.165, 1.54) is 21.3 Å². The molecule has 0 aliphatic rings. The van der Waals surface area contributed by atoms with Crippen molar-refractivity contribution in [3.05, 3.63) is 64.4 Å². The van der Waals surface area contributed by atoms with Gasteiger partial charge in [-0.25, -0.2) is 0 Å². The van der Waals surface area contributed by atoms with Gasteiger partial charge in [0.2, 0.25) is 0 Å². The summed E-state index contributed by atoms with van der Waals surface area (Å²) in [5, 5.41) is 3.56. The maximum absolute atomic E-state index is 12.9. The van der Waals surface area contributed by atoms with Gasteiger partial charge in [0.1, 0.15) is 17.2 Å². The highest BCUT2D eigenvalue weighted by Crippen LogP contribution is 2.37. The number of ether oxygens (including phenoxy) is 3. The number of hydrogen-bond acceptors (Lipinski definition) is 4. The Labute approximate surface area is 172 Å². The topological polar surface area (TPSA) is 61.7 Å². The molecule has 0 atom stereocenters. The van der Waals surface area contributed by atoms with Gasteiger partial charge in [-0.1, -0.05) is 23.2 Å². The Hall–Kier alpha value is -2.83. The average Bonchev–Trinajstić information content (AvgIpc) is 3.23. The number of halogens is 2. The lowest BCUT2D eigenvalue weighted by Crippen LogP contribution is -2.14. The highest BCUT2D eigenvalue weighted by Gasteiger charge is 2.19. The summed E-state index contributed by atoms with van der Waals surface area (Å²) in [5.74, 6) is 0.768. The molecule has 2 aromatic carbocycles. The van der Waals surface area contributed by atoms with E-state index < -0.39 is 5.91 Å². The highest BCUT2D eigenvalue weighted by atomic mass is 35.5. The molecule has 8 heteroatoms. The molecule has 0 fully saturated rings. The lowest BCUT2D eigenvalue weighted by molar-refractivity contribution is 0.102. The molecule has 1 aromatic heterocycles. The Morgan fingerprint density at radius 1 is 0.857 bits per heavy atom. The third kappa shape index (κ3) is 3.88. The van der Waals surface area contributed by atoms with Crippen LogP contribution in [0.25, 0.3) is 5.69 Å². The van der Waals surface area contributed by atoms with Crippen LogP contribution in [0.5, 0.6) is 17.2 Å². The first-order chi connectivity index (χ1) is 13.5. The van der Waals surface area contributed by atoms with Crippen LogP contribution in [0.15, 0.2) is 48.8 Å². The monoisotopic (exact) mass is 420 g/mol. The Morgan fingerprint density at radius 2 is 1.50 bits per heavy atom. The minimum atomic E-state index is -0.416. The summed E-state index contributed by atoms with van der Waals surface area (Å²) in [6, 6.07) is 10.2. The van der Waals surface area contributed by atoms with E-state index in [4.69, 9.17) is 37.4 Å². The number of methoxy groups -OCH3 is 3. The van der Waals surface area contributed by atoms with Crippen LogP contribution in [0.3, 0.4) is 0 Å². The van der Waals surface area contributed by atoms with Gasteiger partial charge in [-0.2, -0.15) is 0 Å². The first kappa shape index (κ1) is 19.9. The highest BCUT2D eigenvalue weighted by molar-refractivity contribution is 6.33. The molecule has 0 saturated heterocycles. The Bertz CT molecular complexity index is 1000. The number of nitrogens with zero attached hydrogens (tertiary/aromatic N) is 1. The van der Waals surface area contributed by atoms with E-state index >= 15 is 0 Å². The smallest absolute Gasteiger partial charge is 0.259 e. The molecular formula is C20H18Cl2N2O4. The number of benzene rings is 2. The molecule has 1 heterocycles. The first-order valence-electron chi connectivity index (χ1n) is 8.22. The summed E-state index contributed by atoms with van der Waals surface area (Å²) in [6.45, 7) is 0. The van der Waals surface area contributed by atoms with Crippen molar-refractivity contribution in [3.8, 4) is 22.9 Å². The third-order valence-electron chi connectivity index (χ3n) is 4.12. The van der Waals surface area contributed by atoms with Crippen LogP contribution in [-0.4, -0.2) is 31.8 Å². The molecule has 0 spiro atoms. The number of amides is 1. The number of hydrogen-bond donors (Lipinski definition) is 1. The van der Waals surface area contributed by atoms with Gasteiger partial charge in [-0.15, -0.1) is 0 Å². The zero-order valence-corrected chi connectivity index (χ0v) is 17.0. The fourth-order valence-corrected chi connectivity index (χ4v) is 3.22. The quantitative estimate of drug-likeness (QED) is 0.604. The van der Waals surface area contributed by atoms with Crippen molar-refractivity contribution >= 4 is 34.8 Å². The maximum Gasteiger partial charge on any atom is 0.259 e. The zero-order valence-electron chi connectivity index (χ0n) is 15.5. The Balaban J connectivity index is 1.98. The van der Waals surface area contributed by atoms with Crippen LogP contribution in [0.1, 0.15) is 10.4 Å². The van der Waals surface area contributed by atoms with E-state index in [0.29, 0.717) is 38.7 Å². The van der Waals surface area contributed by atoms with Gasteiger partial charge < -0.3 is 24.1 Å². The van der Waals surface area contributed by atoms with Crippen LogP contribution in [0, 0.1) is 0 Å². The minimum Gasteiger partial charge on any atom is -0.496 e. The van der Waals surface area contributed by atoms with Gasteiger partial charge in [-0.05, 0) is 18.2 Å². The fourth-order valence-electron chi connectivity index (χ4n) is 2.73. The standard InChI is InChI=1S/C20H18Cl2N2O4/c1-26-17-11-16(24-6-4-5-7-24)13(21)8-12(17)20(25)23-15-10-18(27-2)14(22)9-19(15)28-3/h4-11H,1-3H3,(H,23,25). The predicted molar refractivity (Wildman–Crippen MR) is 110 cm³/mol. The van der Waals surface area contributed by atoms with Gasteiger partial charge in [0.25, 0.3) is 5.91 Å². The second kappa shape index (κ2) is 8.46. The molecule has 0 aliphatic carbocycles. The molecule has 0 saturated carbocycles. The number of nitrogens with one attached hydrogen (secondary N) is 1. The van der Waals surface area contributed by atoms with E-state index in [1.54, 1.807) is 24.3 Å². The van der Waals surface area contributed by atoms with Crippen molar-refractivity contribution in [2.45, 2.75) is 0 Å². The fraction of sp³-hybridized carbons (Fsp3) is 0.150. The molecule has 3 aromatic rings. The van der Waals surface area contributed by atoms with E-state index in [-0.39, 0.29) is 5.56 Å². The lowest BCUT2D eigenvalue weighted by Gasteiger charge is -2.16. The molecule has 3 rings (SSSR count). The van der Waals surface area contributed by atoms with Crippen molar-refractivity contribution in [3.63, 3.8) is 0 Å². The number of aromatic nitrogens is 1. The molecule has 0 radical (unpaired) electrons. The van der Waals surface area contributed by atoms with Crippen molar-refractivity contribution in [1.82, 2.24) is 4.57 Å². The Kier molecular flexibility index (Phi) is 6.02. The lowest BCUT2D eigenvalue weighted by atomic mass is 10.1. The molecule has 1 amide bonds. The summed E-state index contributed by atoms with van der Waals surface area (Å²) in [5.41, 5.74) is 1.38. The summed E-state index contributed by atoms with van der Waals surface area (Å²) in [6.07, 6.45) is 3.70. The van der Waals surface area contributed by atoms with Crippen molar-refractivity contribution < 1.29 is 19.0 Å². The van der Waals surface area contributed by atoms with Crippen molar-refractivity contribution in [2.24, 2.45) is 0 Å². The minimum absolute atomic E-state index is 0.277. The molecule has 28 heavy (non-hydrogen) atoms. The second-order valence-corrected chi connectivity index (χ2v) is 6.55. The molecule has 146 valence electrons. The number of rotatable bonds is 6. The number of carbonyl (C=O) groups is 1. The zero-order chi connectivity index (χ0) is 20.3. The van der Waals surface area contributed by atoms with E-state index in [2.05, 4.69) is 5.32 Å². The maximum atomic E-state index is 12.9. The predicted octanol–water partition coefficient (Wildman–Crippen LogP) is 5.06. The van der Waals surface area contributed by atoms with Gasteiger partial charge >= 0.3 is 0 Å². The summed E-state index contributed by atoms with van der Waals surface area (Å²) >= 11 is 12.5. The first-order valence-corrected chi connectivity index (χ1v) is 8.97. The number of anilines is 1. The van der Waals surface area contributed by atoms with Crippen LogP contribution in [-0.2, 0) is 0 Å². The molecule has 0 aliphatic heterocycles. The largest absolute Gasteiger partial charge is 0.496 e. The third-order valence-corrected chi connectivity index (χ3v) is 4.72. The molecule has 1 N–H and O–H groups in total. The van der Waals surface area contributed by atoms with Crippen LogP contribution in [0.2, 0.25) is 10.0 Å². The van der Waals surface area contributed by atoms with Crippen LogP contribution in [0.4, 0.5) is 5.69 Å². The summed E-state index contributed by atoms with van der Waals surface area (Å²) < 4.78 is 17.7. The van der Waals surface area contributed by atoms with E-state index in [0.717, 1.165) is 0 Å². The SMILES string of the molecule is COc1cc(NC(=O)c2cc(Cl)c(-n3cccc3)cc2OC)c(OC)cc1Cl. The van der Waals surface area contributed by atoms with Crippen LogP contribution >= 0.6 is 23.2 Å². The normalized spacial score (nSPS) is 10.5. The molecule has 0 unspecified atom stereocenters. The summed E-state index contributed by atoms with van der Waals surface area (Å²) in [7, 11) is 4.46. The second-order valence-electron chi connectivity index (χ2n) is 5.74. The van der Waals surface area contributed by atoms with Gasteiger partial charge in [0.15, 0.2) is 0 Å². The number of carbonyl (C=O) groups excluding carboxylic acids is 1. The Morgan fingerprint density at radius 3 is 2.11 bits per heavy atom. The molecule has 6 nitrogen and oxygen atoms in total. The van der Waals surface area contributed by atoms with Crippen molar-refractivity contribution in [2.75, 3.05) is 26.6 Å². The van der Waals surface area contributed by atoms with E-state index in [1.807, 2.05) is 29.1 Å². The summed E-state index contributed by atoms with van der Waals surface area (Å²) in [4.78, 5) is 12.9. The van der Waals surface area contributed by atoms with Gasteiger partial charge in [-0.3, -0.25) is 4.79 Å².